The number of para-hydroxylation sites is 1. The molecule has 1 aliphatic heterocycles. The van der Waals surface area contributed by atoms with Crippen LogP contribution in [-0.2, 0) is 27.1 Å². The average molecular weight is 500 g/mol. The number of piperidine rings is 1. The summed E-state index contributed by atoms with van der Waals surface area (Å²) in [7, 11) is -3.64. The fourth-order valence-electron chi connectivity index (χ4n) is 3.97. The van der Waals surface area contributed by atoms with Gasteiger partial charge in [0.25, 0.3) is 5.69 Å². The highest BCUT2D eigenvalue weighted by Crippen LogP contribution is 2.28. The van der Waals surface area contributed by atoms with Crippen LogP contribution in [0.4, 0.5) is 18.9 Å². The van der Waals surface area contributed by atoms with E-state index < -0.39 is 46.0 Å². The van der Waals surface area contributed by atoms with Crippen molar-refractivity contribution >= 4 is 21.6 Å². The lowest BCUT2D eigenvalue weighted by Gasteiger charge is -2.34. The molecule has 8 nitrogen and oxygen atoms in total. The molecule has 0 radical (unpaired) electrons. The second-order valence-corrected chi connectivity index (χ2v) is 10.1. The minimum atomic E-state index is -4.70. The van der Waals surface area contributed by atoms with Gasteiger partial charge in [-0.2, -0.15) is 13.2 Å². The molecule has 3 rings (SSSR count). The zero-order chi connectivity index (χ0) is 24.9. The number of amides is 1. The molecular formula is C22H24F3N3O5S. The Labute approximate surface area is 195 Å². The molecule has 1 amide bonds. The van der Waals surface area contributed by atoms with Gasteiger partial charge in [0.1, 0.15) is 6.54 Å². The summed E-state index contributed by atoms with van der Waals surface area (Å²) in [5.41, 5.74) is 0.235. The molecule has 1 aliphatic rings. The van der Waals surface area contributed by atoms with Crippen molar-refractivity contribution in [3.05, 3.63) is 75.8 Å². The average Bonchev–Trinajstić information content (AvgIpc) is 2.78. The van der Waals surface area contributed by atoms with Crippen molar-refractivity contribution in [2.75, 3.05) is 19.6 Å². The molecule has 0 aliphatic carbocycles. The normalized spacial score (nSPS) is 15.7. The number of hydrogen-bond acceptors (Lipinski definition) is 5. The van der Waals surface area contributed by atoms with Crippen molar-refractivity contribution in [1.82, 2.24) is 9.21 Å². The molecule has 184 valence electrons. The van der Waals surface area contributed by atoms with E-state index in [2.05, 4.69) is 0 Å². The number of nitrogens with zero attached hydrogens (tertiary/aromatic N) is 3. The quantitative estimate of drug-likeness (QED) is 0.407. The fraction of sp³-hybridized carbons (Fsp3) is 0.409. The van der Waals surface area contributed by atoms with Crippen LogP contribution in [0.25, 0.3) is 0 Å². The summed E-state index contributed by atoms with van der Waals surface area (Å²) in [6, 6.07) is 13.9. The van der Waals surface area contributed by atoms with Crippen LogP contribution in [0.2, 0.25) is 0 Å². The van der Waals surface area contributed by atoms with Crippen LogP contribution in [0.5, 0.6) is 0 Å². The molecule has 0 N–H and O–H groups in total. The standard InChI is InChI=1S/C22H24F3N3O5S/c23-22(24,25)16-26(14-19-8-4-5-9-20(19)28(30)31)21(29)18-10-12-27(13-11-18)34(32,33)15-17-6-2-1-3-7-17/h1-9,18H,10-16H2. The summed E-state index contributed by atoms with van der Waals surface area (Å²) in [6.45, 7) is -2.10. The third kappa shape index (κ3) is 6.76. The molecule has 1 fully saturated rings. The smallest absolute Gasteiger partial charge is 0.329 e. The Hall–Kier alpha value is -2.99. The van der Waals surface area contributed by atoms with Crippen molar-refractivity contribution in [2.45, 2.75) is 31.3 Å². The van der Waals surface area contributed by atoms with Crippen LogP contribution >= 0.6 is 0 Å². The number of benzene rings is 2. The van der Waals surface area contributed by atoms with Crippen molar-refractivity contribution in [3.8, 4) is 0 Å². The minimum absolute atomic E-state index is 0.00650. The van der Waals surface area contributed by atoms with Crippen molar-refractivity contribution in [2.24, 2.45) is 5.92 Å². The van der Waals surface area contributed by atoms with E-state index in [4.69, 9.17) is 0 Å². The zero-order valence-corrected chi connectivity index (χ0v) is 19.0. The van der Waals surface area contributed by atoms with Crippen LogP contribution in [-0.4, -0.2) is 54.3 Å². The number of hydrogen-bond donors (Lipinski definition) is 0. The highest BCUT2D eigenvalue weighted by Gasteiger charge is 2.38. The number of nitro groups is 1. The van der Waals surface area contributed by atoms with Gasteiger partial charge in [0.2, 0.25) is 15.9 Å². The number of alkyl halides is 3. The first-order chi connectivity index (χ1) is 16.0. The Morgan fingerprint density at radius 2 is 1.65 bits per heavy atom. The number of nitro benzene ring substituents is 1. The second-order valence-electron chi connectivity index (χ2n) is 8.11. The fourth-order valence-corrected chi connectivity index (χ4v) is 5.54. The predicted molar refractivity (Wildman–Crippen MR) is 118 cm³/mol. The van der Waals surface area contributed by atoms with Gasteiger partial charge in [0, 0.05) is 30.6 Å². The van der Waals surface area contributed by atoms with E-state index in [-0.39, 0.29) is 42.9 Å². The summed E-state index contributed by atoms with van der Waals surface area (Å²) in [4.78, 5) is 24.1. The van der Waals surface area contributed by atoms with E-state index in [0.29, 0.717) is 10.5 Å². The summed E-state index contributed by atoms with van der Waals surface area (Å²) in [5, 5.41) is 11.2. The molecule has 2 aromatic rings. The van der Waals surface area contributed by atoms with E-state index >= 15 is 0 Å². The number of halogens is 3. The van der Waals surface area contributed by atoms with Gasteiger partial charge in [-0.1, -0.05) is 48.5 Å². The molecule has 0 bridgehead atoms. The van der Waals surface area contributed by atoms with Gasteiger partial charge in [0.15, 0.2) is 0 Å². The molecule has 1 heterocycles. The van der Waals surface area contributed by atoms with Crippen LogP contribution in [0.3, 0.4) is 0 Å². The van der Waals surface area contributed by atoms with Gasteiger partial charge in [-0.25, -0.2) is 12.7 Å². The first kappa shape index (κ1) is 25.6. The molecule has 12 heteroatoms. The van der Waals surface area contributed by atoms with Gasteiger partial charge < -0.3 is 4.90 Å². The number of carbonyl (C=O) groups is 1. The van der Waals surface area contributed by atoms with Crippen molar-refractivity contribution in [3.63, 3.8) is 0 Å². The Morgan fingerprint density at radius 1 is 1.06 bits per heavy atom. The molecule has 2 aromatic carbocycles. The van der Waals surface area contributed by atoms with Gasteiger partial charge in [0.05, 0.1) is 17.2 Å². The molecule has 0 aromatic heterocycles. The topological polar surface area (TPSA) is 101 Å². The van der Waals surface area contributed by atoms with Gasteiger partial charge in [-0.15, -0.1) is 0 Å². The Kier molecular flexibility index (Phi) is 7.93. The Morgan fingerprint density at radius 3 is 2.24 bits per heavy atom. The predicted octanol–water partition coefficient (Wildman–Crippen LogP) is 3.73. The SMILES string of the molecule is O=C(C1CCN(S(=O)(=O)Cc2ccccc2)CC1)N(Cc1ccccc1[N+](=O)[O-])CC(F)(F)F. The summed E-state index contributed by atoms with van der Waals surface area (Å²) in [6.07, 6.45) is -4.56. The van der Waals surface area contributed by atoms with E-state index in [1.54, 1.807) is 30.3 Å². The van der Waals surface area contributed by atoms with Crippen LogP contribution in [0.15, 0.2) is 54.6 Å². The van der Waals surface area contributed by atoms with Gasteiger partial charge >= 0.3 is 6.18 Å². The Balaban J connectivity index is 1.70. The highest BCUT2D eigenvalue weighted by molar-refractivity contribution is 7.88. The largest absolute Gasteiger partial charge is 0.406 e. The first-order valence-corrected chi connectivity index (χ1v) is 12.2. The van der Waals surface area contributed by atoms with E-state index in [9.17, 15) is 36.5 Å². The molecule has 0 unspecified atom stereocenters. The van der Waals surface area contributed by atoms with Gasteiger partial charge in [-0.3, -0.25) is 14.9 Å². The maximum Gasteiger partial charge on any atom is 0.406 e. The molecule has 1 saturated heterocycles. The molecular weight excluding hydrogens is 475 g/mol. The maximum absolute atomic E-state index is 13.2. The van der Waals surface area contributed by atoms with E-state index in [0.717, 1.165) is 0 Å². The third-order valence-corrected chi connectivity index (χ3v) is 7.47. The maximum atomic E-state index is 13.2. The summed E-state index contributed by atoms with van der Waals surface area (Å²) in [5.74, 6) is -1.81. The minimum Gasteiger partial charge on any atom is -0.329 e. The van der Waals surface area contributed by atoms with Gasteiger partial charge in [-0.05, 0) is 18.4 Å². The molecule has 0 saturated carbocycles. The van der Waals surface area contributed by atoms with Crippen molar-refractivity contribution in [1.29, 1.82) is 0 Å². The van der Waals surface area contributed by atoms with Crippen LogP contribution in [0.1, 0.15) is 24.0 Å². The lowest BCUT2D eigenvalue weighted by Crippen LogP contribution is -2.46. The number of carbonyl (C=O) groups excluding carboxylic acids is 1. The monoisotopic (exact) mass is 499 g/mol. The Bertz CT molecular complexity index is 1120. The molecule has 0 spiro atoms. The molecule has 34 heavy (non-hydrogen) atoms. The number of sulfonamides is 1. The molecule has 0 atom stereocenters. The number of rotatable bonds is 8. The zero-order valence-electron chi connectivity index (χ0n) is 18.1. The van der Waals surface area contributed by atoms with E-state index in [1.807, 2.05) is 0 Å². The first-order valence-electron chi connectivity index (χ1n) is 10.6. The highest BCUT2D eigenvalue weighted by atomic mass is 32.2. The van der Waals surface area contributed by atoms with Crippen LogP contribution in [0, 0.1) is 16.0 Å². The van der Waals surface area contributed by atoms with Crippen LogP contribution < -0.4 is 0 Å². The summed E-state index contributed by atoms with van der Waals surface area (Å²) >= 11 is 0. The summed E-state index contributed by atoms with van der Waals surface area (Å²) < 4.78 is 66.3. The van der Waals surface area contributed by atoms with Crippen molar-refractivity contribution < 1.29 is 31.3 Å². The third-order valence-electron chi connectivity index (χ3n) is 5.62. The van der Waals surface area contributed by atoms with E-state index in [1.165, 1.54) is 28.6 Å². The lowest BCUT2D eigenvalue weighted by molar-refractivity contribution is -0.385. The second kappa shape index (κ2) is 10.5. The lowest BCUT2D eigenvalue weighted by atomic mass is 9.96.